The second-order valence-electron chi connectivity index (χ2n) is 5.31. The molecular weight excluding hydrogens is 328 g/mol. The van der Waals surface area contributed by atoms with E-state index in [1.54, 1.807) is 19.1 Å². The Morgan fingerprint density at radius 3 is 2.56 bits per heavy atom. The average Bonchev–Trinajstić information content (AvgIpc) is 2.92. The molecule has 0 spiro atoms. The number of esters is 1. The van der Waals surface area contributed by atoms with Crippen LogP contribution in [0.4, 0.5) is 0 Å². The van der Waals surface area contributed by atoms with E-state index < -0.39 is 12.1 Å². The Labute approximate surface area is 143 Å². The van der Waals surface area contributed by atoms with E-state index >= 15 is 0 Å². The summed E-state index contributed by atoms with van der Waals surface area (Å²) < 4.78 is 21.1. The summed E-state index contributed by atoms with van der Waals surface area (Å²) in [6.07, 6.45) is 3.62. The molecular formula is C18H16O7. The number of methoxy groups -OCH3 is 2. The summed E-state index contributed by atoms with van der Waals surface area (Å²) in [7, 11) is 2.71. The lowest BCUT2D eigenvalue weighted by Gasteiger charge is -2.14. The molecule has 2 heterocycles. The third kappa shape index (κ3) is 2.63. The predicted octanol–water partition coefficient (Wildman–Crippen LogP) is 2.66. The number of hydrogen-bond acceptors (Lipinski definition) is 7. The van der Waals surface area contributed by atoms with E-state index in [9.17, 15) is 14.7 Å². The van der Waals surface area contributed by atoms with Gasteiger partial charge in [0.1, 0.15) is 23.3 Å². The van der Waals surface area contributed by atoms with Crippen molar-refractivity contribution < 1.29 is 28.5 Å². The number of phenolic OH excluding ortho intramolecular Hbond substituents is 1. The molecule has 7 heteroatoms. The second kappa shape index (κ2) is 6.35. The number of ether oxygens (including phenoxy) is 3. The molecule has 1 atom stereocenters. The quantitative estimate of drug-likeness (QED) is 0.852. The molecule has 1 aliphatic rings. The van der Waals surface area contributed by atoms with Gasteiger partial charge in [0.05, 0.1) is 25.3 Å². The van der Waals surface area contributed by atoms with Crippen molar-refractivity contribution in [2.45, 2.75) is 13.0 Å². The molecule has 0 saturated heterocycles. The summed E-state index contributed by atoms with van der Waals surface area (Å²) in [5.74, 6) is -0.413. The predicted molar refractivity (Wildman–Crippen MR) is 88.2 cm³/mol. The number of cyclic esters (lactones) is 1. The average molecular weight is 344 g/mol. The van der Waals surface area contributed by atoms with Gasteiger partial charge in [0.25, 0.3) is 0 Å². The highest BCUT2D eigenvalue weighted by Gasteiger charge is 2.41. The molecule has 0 bridgehead atoms. The summed E-state index contributed by atoms with van der Waals surface area (Å²) in [6.45, 7) is 1.80. The van der Waals surface area contributed by atoms with Gasteiger partial charge >= 0.3 is 5.97 Å². The monoisotopic (exact) mass is 344 g/mol. The van der Waals surface area contributed by atoms with Gasteiger partial charge in [-0.3, -0.25) is 4.79 Å². The van der Waals surface area contributed by atoms with Crippen LogP contribution in [-0.2, 0) is 4.74 Å². The van der Waals surface area contributed by atoms with Crippen molar-refractivity contribution in [1.82, 2.24) is 0 Å². The zero-order valence-corrected chi connectivity index (χ0v) is 13.9. The molecule has 0 amide bonds. The van der Waals surface area contributed by atoms with Gasteiger partial charge in [0.2, 0.25) is 0 Å². The molecule has 0 aliphatic carbocycles. The molecule has 1 N–H and O–H groups in total. The molecule has 0 radical (unpaired) electrons. The van der Waals surface area contributed by atoms with E-state index in [2.05, 4.69) is 0 Å². The van der Waals surface area contributed by atoms with Crippen molar-refractivity contribution in [2.24, 2.45) is 0 Å². The van der Waals surface area contributed by atoms with Crippen molar-refractivity contribution >= 4 is 12.0 Å². The number of phenols is 1. The lowest BCUT2D eigenvalue weighted by molar-refractivity contribution is 0.0448. The van der Waals surface area contributed by atoms with E-state index in [-0.39, 0.29) is 33.8 Å². The van der Waals surface area contributed by atoms with Gasteiger partial charge in [0.15, 0.2) is 23.0 Å². The fourth-order valence-electron chi connectivity index (χ4n) is 2.80. The van der Waals surface area contributed by atoms with Crippen molar-refractivity contribution in [3.63, 3.8) is 0 Å². The molecule has 7 nitrogen and oxygen atoms in total. The van der Waals surface area contributed by atoms with E-state index in [1.165, 1.54) is 32.6 Å². The van der Waals surface area contributed by atoms with E-state index in [0.29, 0.717) is 11.3 Å². The topological polar surface area (TPSA) is 95.2 Å². The van der Waals surface area contributed by atoms with E-state index in [0.717, 1.165) is 0 Å². The third-order valence-corrected chi connectivity index (χ3v) is 3.87. The normalized spacial score (nSPS) is 16.0. The third-order valence-electron chi connectivity index (χ3n) is 3.87. The summed E-state index contributed by atoms with van der Waals surface area (Å²) in [6, 6.07) is 2.62. The highest BCUT2D eigenvalue weighted by molar-refractivity contribution is 5.99. The number of rotatable bonds is 4. The molecule has 0 unspecified atom stereocenters. The van der Waals surface area contributed by atoms with Crippen molar-refractivity contribution in [3.8, 4) is 17.2 Å². The zero-order valence-electron chi connectivity index (χ0n) is 13.9. The van der Waals surface area contributed by atoms with Gasteiger partial charge in [-0.15, -0.1) is 0 Å². The first-order valence-electron chi connectivity index (χ1n) is 7.46. The van der Waals surface area contributed by atoms with Gasteiger partial charge in [-0.05, 0) is 13.0 Å². The molecule has 1 aromatic carbocycles. The summed E-state index contributed by atoms with van der Waals surface area (Å²) in [5, 5.41) is 10.0. The maximum absolute atomic E-state index is 12.4. The van der Waals surface area contributed by atoms with Gasteiger partial charge in [-0.25, -0.2) is 4.79 Å². The number of aromatic hydroxyl groups is 1. The molecule has 1 aliphatic heterocycles. The lowest BCUT2D eigenvalue weighted by atomic mass is 9.98. The van der Waals surface area contributed by atoms with Crippen LogP contribution in [0.1, 0.15) is 40.3 Å². The minimum Gasteiger partial charge on any atom is -0.504 e. The number of allylic oxidation sites excluding steroid dienone is 1. The molecule has 25 heavy (non-hydrogen) atoms. The zero-order chi connectivity index (χ0) is 18.1. The molecule has 2 aromatic rings. The first kappa shape index (κ1) is 16.6. The Kier molecular flexibility index (Phi) is 4.22. The summed E-state index contributed by atoms with van der Waals surface area (Å²) in [5.41, 5.74) is 0.139. The number of carbonyl (C=O) groups is 1. The molecule has 0 saturated carbocycles. The smallest absolute Gasteiger partial charge is 0.343 e. The Morgan fingerprint density at radius 1 is 1.20 bits per heavy atom. The molecule has 0 fully saturated rings. The van der Waals surface area contributed by atoms with Crippen LogP contribution in [-0.4, -0.2) is 25.3 Å². The molecule has 1 aromatic heterocycles. The van der Waals surface area contributed by atoms with E-state index in [4.69, 9.17) is 18.6 Å². The number of hydrogen-bond donors (Lipinski definition) is 1. The Bertz CT molecular complexity index is 924. The van der Waals surface area contributed by atoms with Gasteiger partial charge in [0, 0.05) is 12.1 Å². The first-order valence-corrected chi connectivity index (χ1v) is 7.46. The second-order valence-corrected chi connectivity index (χ2v) is 5.31. The van der Waals surface area contributed by atoms with Crippen LogP contribution in [0.25, 0.3) is 6.08 Å². The summed E-state index contributed by atoms with van der Waals surface area (Å²) in [4.78, 5) is 24.8. The van der Waals surface area contributed by atoms with Crippen molar-refractivity contribution in [1.29, 1.82) is 0 Å². The van der Waals surface area contributed by atoms with Crippen LogP contribution in [0, 0.1) is 0 Å². The Hall–Kier alpha value is -3.22. The van der Waals surface area contributed by atoms with Gasteiger partial charge in [-0.1, -0.05) is 6.08 Å². The lowest BCUT2D eigenvalue weighted by Crippen LogP contribution is -2.14. The first-order chi connectivity index (χ1) is 12.0. The minimum atomic E-state index is -1.01. The highest BCUT2D eigenvalue weighted by Crippen LogP contribution is 2.48. The molecule has 130 valence electrons. The minimum absolute atomic E-state index is 0.0290. The largest absolute Gasteiger partial charge is 0.504 e. The highest BCUT2D eigenvalue weighted by atomic mass is 16.6. The number of carbonyl (C=O) groups excluding carboxylic acids is 1. The van der Waals surface area contributed by atoms with Crippen LogP contribution >= 0.6 is 0 Å². The van der Waals surface area contributed by atoms with Crippen LogP contribution < -0.4 is 14.9 Å². The molecule has 3 rings (SSSR count). The number of benzene rings is 1. The van der Waals surface area contributed by atoms with Crippen LogP contribution in [0.5, 0.6) is 17.2 Å². The standard InChI is InChI=1S/C18H16O7/c1-4-5-9-6-11(19)10(8-24-9)16-14-13(22-2)7-12(20)17(23-3)15(14)18(21)25-16/h4-8,16,20H,1-3H3/t16-/m0/s1. The maximum atomic E-state index is 12.4. The van der Waals surface area contributed by atoms with Crippen LogP contribution in [0.15, 0.2) is 33.7 Å². The van der Waals surface area contributed by atoms with Crippen LogP contribution in [0.3, 0.4) is 0 Å². The maximum Gasteiger partial charge on any atom is 0.343 e. The van der Waals surface area contributed by atoms with Crippen molar-refractivity contribution in [3.05, 3.63) is 57.1 Å². The Balaban J connectivity index is 2.21. The Morgan fingerprint density at radius 2 is 1.96 bits per heavy atom. The summed E-state index contributed by atoms with van der Waals surface area (Å²) >= 11 is 0. The van der Waals surface area contributed by atoms with E-state index in [1.807, 2.05) is 0 Å². The fourth-order valence-corrected chi connectivity index (χ4v) is 2.80. The van der Waals surface area contributed by atoms with Crippen molar-refractivity contribution in [2.75, 3.05) is 14.2 Å². The van der Waals surface area contributed by atoms with Gasteiger partial charge in [-0.2, -0.15) is 0 Å². The fraction of sp³-hybridized carbons (Fsp3) is 0.222. The number of fused-ring (bicyclic) bond motifs is 1. The van der Waals surface area contributed by atoms with Crippen LogP contribution in [0.2, 0.25) is 0 Å². The SMILES string of the molecule is CC=Cc1cc(=O)c([C@@H]2OC(=O)c3c(OC)c(O)cc(OC)c32)co1. The van der Waals surface area contributed by atoms with Gasteiger partial charge < -0.3 is 23.7 Å².